The standard InChI is InChI=1S/C20H17ClN4OS/c1-12-8-15(14(3)25(12)18-7-5-4-6-17(18)21)9-16(10-22)19(26)24-20-23-11-13(2)27-20/h4-9,11H,1-3H3,(H,23,24,26)/b16-9-. The minimum Gasteiger partial charge on any atom is -0.316 e. The third-order valence-corrected chi connectivity index (χ3v) is 5.22. The predicted octanol–water partition coefficient (Wildman–Crippen LogP) is 5.06. The molecule has 1 amide bonds. The maximum absolute atomic E-state index is 12.4. The van der Waals surface area contributed by atoms with Crippen molar-refractivity contribution in [2.24, 2.45) is 0 Å². The Morgan fingerprint density at radius 2 is 2.07 bits per heavy atom. The minimum absolute atomic E-state index is 0.0160. The maximum atomic E-state index is 12.4. The molecule has 5 nitrogen and oxygen atoms in total. The molecule has 0 fully saturated rings. The number of halogens is 1. The molecule has 0 aliphatic heterocycles. The number of thiazole rings is 1. The molecule has 0 bridgehead atoms. The van der Waals surface area contributed by atoms with Crippen molar-refractivity contribution in [1.29, 1.82) is 5.26 Å². The lowest BCUT2D eigenvalue weighted by molar-refractivity contribution is -0.112. The van der Waals surface area contributed by atoms with Crippen LogP contribution >= 0.6 is 22.9 Å². The first-order valence-corrected chi connectivity index (χ1v) is 9.39. The van der Waals surface area contributed by atoms with Crippen molar-refractivity contribution in [3.05, 3.63) is 69.0 Å². The summed E-state index contributed by atoms with van der Waals surface area (Å²) in [5, 5.41) is 13.2. The van der Waals surface area contributed by atoms with Crippen molar-refractivity contribution in [1.82, 2.24) is 9.55 Å². The van der Waals surface area contributed by atoms with Crippen LogP contribution in [0.25, 0.3) is 11.8 Å². The number of aryl methyl sites for hydroxylation is 2. The number of nitrogens with zero attached hydrogens (tertiary/aromatic N) is 3. The zero-order valence-electron chi connectivity index (χ0n) is 15.1. The molecule has 3 aromatic rings. The Hall–Kier alpha value is -2.88. The molecule has 0 saturated carbocycles. The average molecular weight is 397 g/mol. The first-order chi connectivity index (χ1) is 12.9. The van der Waals surface area contributed by atoms with Gasteiger partial charge < -0.3 is 4.57 Å². The van der Waals surface area contributed by atoms with E-state index in [9.17, 15) is 10.1 Å². The van der Waals surface area contributed by atoms with Crippen molar-refractivity contribution in [3.8, 4) is 11.8 Å². The highest BCUT2D eigenvalue weighted by Crippen LogP contribution is 2.27. The van der Waals surface area contributed by atoms with Crippen LogP contribution in [0.5, 0.6) is 0 Å². The molecule has 3 rings (SSSR count). The Kier molecular flexibility index (Phi) is 5.45. The number of aromatic nitrogens is 2. The van der Waals surface area contributed by atoms with E-state index in [1.165, 1.54) is 11.3 Å². The number of rotatable bonds is 4. The summed E-state index contributed by atoms with van der Waals surface area (Å²) in [6.45, 7) is 5.79. The van der Waals surface area contributed by atoms with E-state index in [0.29, 0.717) is 10.2 Å². The second-order valence-electron chi connectivity index (χ2n) is 6.01. The molecule has 136 valence electrons. The van der Waals surface area contributed by atoms with Gasteiger partial charge in [-0.1, -0.05) is 23.7 Å². The molecule has 0 aliphatic carbocycles. The first kappa shape index (κ1) is 18.9. The average Bonchev–Trinajstić information content (AvgIpc) is 3.16. The Labute approximate surface area is 166 Å². The monoisotopic (exact) mass is 396 g/mol. The van der Waals surface area contributed by atoms with Gasteiger partial charge in [0.1, 0.15) is 11.6 Å². The third kappa shape index (κ3) is 3.95. The van der Waals surface area contributed by atoms with Crippen molar-refractivity contribution in [2.75, 3.05) is 5.32 Å². The fraction of sp³-hybridized carbons (Fsp3) is 0.150. The van der Waals surface area contributed by atoms with E-state index in [0.717, 1.165) is 27.5 Å². The van der Waals surface area contributed by atoms with Crippen molar-refractivity contribution >= 4 is 40.1 Å². The summed E-state index contributed by atoms with van der Waals surface area (Å²) in [5.74, 6) is -0.477. The Morgan fingerprint density at radius 3 is 2.70 bits per heavy atom. The van der Waals surface area contributed by atoms with Gasteiger partial charge in [-0.25, -0.2) is 4.98 Å². The number of para-hydroxylation sites is 1. The van der Waals surface area contributed by atoms with Gasteiger partial charge >= 0.3 is 0 Å². The second-order valence-corrected chi connectivity index (χ2v) is 7.66. The van der Waals surface area contributed by atoms with Gasteiger partial charge in [0, 0.05) is 22.5 Å². The summed E-state index contributed by atoms with van der Waals surface area (Å²) in [7, 11) is 0. The number of nitriles is 1. The van der Waals surface area contributed by atoms with E-state index in [1.54, 1.807) is 12.3 Å². The Morgan fingerprint density at radius 1 is 1.33 bits per heavy atom. The predicted molar refractivity (Wildman–Crippen MR) is 109 cm³/mol. The zero-order valence-corrected chi connectivity index (χ0v) is 16.6. The van der Waals surface area contributed by atoms with Crippen LogP contribution in [0, 0.1) is 32.1 Å². The molecule has 2 heterocycles. The smallest absolute Gasteiger partial charge is 0.268 e. The molecule has 0 aliphatic rings. The van der Waals surface area contributed by atoms with E-state index < -0.39 is 5.91 Å². The van der Waals surface area contributed by atoms with Crippen LogP contribution in [0.15, 0.2) is 42.1 Å². The number of anilines is 1. The van der Waals surface area contributed by atoms with Crippen LogP contribution in [0.2, 0.25) is 5.02 Å². The number of nitrogens with one attached hydrogen (secondary N) is 1. The van der Waals surface area contributed by atoms with Crippen LogP contribution in [0.4, 0.5) is 5.13 Å². The maximum Gasteiger partial charge on any atom is 0.268 e. The lowest BCUT2D eigenvalue weighted by Crippen LogP contribution is -2.13. The summed E-state index contributed by atoms with van der Waals surface area (Å²) in [5.41, 5.74) is 3.51. The lowest BCUT2D eigenvalue weighted by Gasteiger charge is -2.11. The number of hydrogen-bond donors (Lipinski definition) is 1. The van der Waals surface area contributed by atoms with E-state index in [-0.39, 0.29) is 5.57 Å². The van der Waals surface area contributed by atoms with Gasteiger partial charge in [0.25, 0.3) is 5.91 Å². The van der Waals surface area contributed by atoms with Crippen molar-refractivity contribution in [3.63, 3.8) is 0 Å². The molecule has 0 radical (unpaired) electrons. The summed E-state index contributed by atoms with van der Waals surface area (Å²) < 4.78 is 2.01. The molecule has 0 saturated heterocycles. The molecule has 0 spiro atoms. The number of carbonyl (C=O) groups is 1. The van der Waals surface area contributed by atoms with Crippen molar-refractivity contribution in [2.45, 2.75) is 20.8 Å². The normalized spacial score (nSPS) is 11.3. The number of benzene rings is 1. The van der Waals surface area contributed by atoms with Gasteiger partial charge in [0.2, 0.25) is 0 Å². The summed E-state index contributed by atoms with van der Waals surface area (Å²) >= 11 is 7.69. The third-order valence-electron chi connectivity index (χ3n) is 4.07. The SMILES string of the molecule is Cc1cnc(NC(=O)/C(C#N)=C\c2cc(C)n(-c3ccccc3Cl)c2C)s1. The van der Waals surface area contributed by atoms with Gasteiger partial charge in [0.05, 0.1) is 10.7 Å². The molecule has 0 atom stereocenters. The van der Waals surface area contributed by atoms with E-state index in [1.807, 2.05) is 61.7 Å². The highest BCUT2D eigenvalue weighted by atomic mass is 35.5. The molecular formula is C20H17ClN4OS. The molecule has 7 heteroatoms. The van der Waals surface area contributed by atoms with E-state index >= 15 is 0 Å². The quantitative estimate of drug-likeness (QED) is 0.495. The van der Waals surface area contributed by atoms with E-state index in [2.05, 4.69) is 10.3 Å². The Bertz CT molecular complexity index is 1090. The molecule has 1 N–H and O–H groups in total. The Balaban J connectivity index is 1.96. The highest BCUT2D eigenvalue weighted by molar-refractivity contribution is 7.15. The molecule has 1 aromatic carbocycles. The fourth-order valence-corrected chi connectivity index (χ4v) is 3.70. The highest BCUT2D eigenvalue weighted by Gasteiger charge is 2.15. The zero-order chi connectivity index (χ0) is 19.6. The second kappa shape index (κ2) is 7.78. The first-order valence-electron chi connectivity index (χ1n) is 8.20. The van der Waals surface area contributed by atoms with Gasteiger partial charge in [-0.3, -0.25) is 10.1 Å². The number of carbonyl (C=O) groups excluding carboxylic acids is 1. The van der Waals surface area contributed by atoms with Crippen LogP contribution in [0.1, 0.15) is 21.8 Å². The molecule has 0 unspecified atom stereocenters. The van der Waals surface area contributed by atoms with Crippen molar-refractivity contribution < 1.29 is 4.79 Å². The summed E-state index contributed by atoms with van der Waals surface area (Å²) in [4.78, 5) is 17.5. The minimum atomic E-state index is -0.477. The largest absolute Gasteiger partial charge is 0.316 e. The van der Waals surface area contributed by atoms with Crippen LogP contribution in [0.3, 0.4) is 0 Å². The summed E-state index contributed by atoms with van der Waals surface area (Å²) in [6.07, 6.45) is 3.26. The molecule has 27 heavy (non-hydrogen) atoms. The van der Waals surface area contributed by atoms with Crippen LogP contribution in [-0.4, -0.2) is 15.5 Å². The van der Waals surface area contributed by atoms with Crippen LogP contribution in [-0.2, 0) is 4.79 Å². The van der Waals surface area contributed by atoms with Crippen LogP contribution < -0.4 is 5.32 Å². The topological polar surface area (TPSA) is 70.7 Å². The van der Waals surface area contributed by atoms with E-state index in [4.69, 9.17) is 11.6 Å². The number of amides is 1. The van der Waals surface area contributed by atoms with Gasteiger partial charge in [0.15, 0.2) is 5.13 Å². The fourth-order valence-electron chi connectivity index (χ4n) is 2.82. The van der Waals surface area contributed by atoms with Gasteiger partial charge in [-0.15, -0.1) is 11.3 Å². The molecule has 2 aromatic heterocycles. The number of hydrogen-bond acceptors (Lipinski definition) is 4. The summed E-state index contributed by atoms with van der Waals surface area (Å²) in [6, 6.07) is 11.5. The van der Waals surface area contributed by atoms with Gasteiger partial charge in [-0.05, 0) is 50.6 Å². The van der Waals surface area contributed by atoms with Gasteiger partial charge in [-0.2, -0.15) is 5.26 Å². The molecular weight excluding hydrogens is 380 g/mol. The lowest BCUT2D eigenvalue weighted by atomic mass is 10.1.